The van der Waals surface area contributed by atoms with Crippen LogP contribution in [0, 0.1) is 3.57 Å². The van der Waals surface area contributed by atoms with Crippen LogP contribution in [-0.2, 0) is 10.1 Å². The number of carbonyl (C=O) groups excluding carboxylic acids is 1. The number of methoxy groups -OCH3 is 1. The van der Waals surface area contributed by atoms with Crippen molar-refractivity contribution in [2.24, 2.45) is 0 Å². The minimum Gasteiger partial charge on any atom is -0.464 e. The predicted octanol–water partition coefficient (Wildman–Crippen LogP) is 3.27. The van der Waals surface area contributed by atoms with Crippen molar-refractivity contribution in [1.82, 2.24) is 4.98 Å². The summed E-state index contributed by atoms with van der Waals surface area (Å²) in [5, 5.41) is 0.0131. The summed E-state index contributed by atoms with van der Waals surface area (Å²) in [5.74, 6) is -1.15. The number of hydrogen-bond donors (Lipinski definition) is 0. The molecule has 0 radical (unpaired) electrons. The Morgan fingerprint density at radius 1 is 1.56 bits per heavy atom. The third-order valence-corrected chi connectivity index (χ3v) is 3.07. The van der Waals surface area contributed by atoms with Gasteiger partial charge in [-0.2, -0.15) is 0 Å². The quantitative estimate of drug-likeness (QED) is 0.412. The van der Waals surface area contributed by atoms with E-state index in [0.717, 1.165) is 7.11 Å². The highest BCUT2D eigenvalue weighted by Crippen LogP contribution is 2.32. The highest BCUT2D eigenvalue weighted by atomic mass is 127. The molecule has 9 heteroatoms. The van der Waals surface area contributed by atoms with Crippen LogP contribution in [0.4, 0.5) is 13.2 Å². The van der Waals surface area contributed by atoms with E-state index in [0.29, 0.717) is 0 Å². The lowest BCUT2D eigenvalue weighted by molar-refractivity contribution is -0.275. The van der Waals surface area contributed by atoms with E-state index >= 15 is 0 Å². The van der Waals surface area contributed by atoms with Gasteiger partial charge in [0.25, 0.3) is 0 Å². The molecule has 0 N–H and O–H groups in total. The van der Waals surface area contributed by atoms with Gasteiger partial charge in [-0.15, -0.1) is 13.2 Å². The molecule has 1 aromatic rings. The summed E-state index contributed by atoms with van der Waals surface area (Å²) in [7, 11) is 1.16. The normalized spacial score (nSPS) is 11.2. The largest absolute Gasteiger partial charge is 0.573 e. The van der Waals surface area contributed by atoms with Gasteiger partial charge in [0.05, 0.1) is 16.4 Å². The monoisotopic (exact) mass is 439 g/mol. The van der Waals surface area contributed by atoms with E-state index < -0.39 is 18.1 Å². The summed E-state index contributed by atoms with van der Waals surface area (Å²) in [6, 6.07) is 1.17. The van der Waals surface area contributed by atoms with Crippen molar-refractivity contribution in [3.63, 3.8) is 0 Å². The number of ether oxygens (including phenoxy) is 2. The zero-order valence-corrected chi connectivity index (χ0v) is 12.6. The van der Waals surface area contributed by atoms with Gasteiger partial charge in [0.15, 0.2) is 5.75 Å². The molecule has 0 unspecified atom stereocenters. The fourth-order valence-corrected chi connectivity index (χ4v) is 2.17. The van der Waals surface area contributed by atoms with Crippen LogP contribution in [0.2, 0.25) is 0 Å². The third-order valence-electron chi connectivity index (χ3n) is 1.74. The molecule has 100 valence electrons. The van der Waals surface area contributed by atoms with Gasteiger partial charge < -0.3 is 9.47 Å². The molecular weight excluding hydrogens is 434 g/mol. The SMILES string of the molecule is COC(=O)c1cc(I)c(OC(F)(F)F)c(CBr)n1. The minimum atomic E-state index is -4.81. The highest BCUT2D eigenvalue weighted by Gasteiger charge is 2.33. The molecule has 1 rings (SSSR count). The van der Waals surface area contributed by atoms with Crippen LogP contribution in [0.25, 0.3) is 0 Å². The zero-order valence-electron chi connectivity index (χ0n) is 8.85. The van der Waals surface area contributed by atoms with Gasteiger partial charge in [-0.3, -0.25) is 0 Å². The Morgan fingerprint density at radius 3 is 2.61 bits per heavy atom. The number of pyridine rings is 1. The molecule has 0 fully saturated rings. The van der Waals surface area contributed by atoms with Crippen molar-refractivity contribution < 1.29 is 27.4 Å². The molecule has 0 saturated heterocycles. The second-order valence-corrected chi connectivity index (χ2v) is 4.66. The Bertz CT molecular complexity index is 467. The Hall–Kier alpha value is -0.580. The molecule has 1 heterocycles. The van der Waals surface area contributed by atoms with Crippen molar-refractivity contribution in [3.05, 3.63) is 21.0 Å². The maximum atomic E-state index is 12.2. The first kappa shape index (κ1) is 15.5. The number of hydrogen-bond acceptors (Lipinski definition) is 4. The van der Waals surface area contributed by atoms with Gasteiger partial charge in [0.2, 0.25) is 0 Å². The summed E-state index contributed by atoms with van der Waals surface area (Å²) < 4.78 is 45.0. The summed E-state index contributed by atoms with van der Waals surface area (Å²) in [4.78, 5) is 15.0. The molecule has 0 aliphatic rings. The number of aromatic nitrogens is 1. The van der Waals surface area contributed by atoms with Gasteiger partial charge in [0, 0.05) is 5.33 Å². The summed E-state index contributed by atoms with van der Waals surface area (Å²) in [6.45, 7) is 0. The van der Waals surface area contributed by atoms with Crippen LogP contribution in [-0.4, -0.2) is 24.4 Å². The number of alkyl halides is 4. The number of rotatable bonds is 3. The Labute approximate surface area is 122 Å². The van der Waals surface area contributed by atoms with Crippen LogP contribution in [0.15, 0.2) is 6.07 Å². The summed E-state index contributed by atoms with van der Waals surface area (Å²) >= 11 is 4.62. The van der Waals surface area contributed by atoms with E-state index in [9.17, 15) is 18.0 Å². The van der Waals surface area contributed by atoms with Crippen LogP contribution < -0.4 is 4.74 Å². The Balaban J connectivity index is 3.24. The van der Waals surface area contributed by atoms with Crippen LogP contribution in [0.5, 0.6) is 5.75 Å². The lowest BCUT2D eigenvalue weighted by atomic mass is 10.3. The molecule has 0 aromatic carbocycles. The second-order valence-electron chi connectivity index (χ2n) is 2.94. The maximum Gasteiger partial charge on any atom is 0.573 e. The predicted molar refractivity (Wildman–Crippen MR) is 67.6 cm³/mol. The standard InChI is InChI=1S/C9H6BrF3INO3/c1-17-8(16)5-2-4(14)7(6(3-10)15-5)18-9(11,12)13/h2H,3H2,1H3. The fourth-order valence-electron chi connectivity index (χ4n) is 1.07. The zero-order chi connectivity index (χ0) is 13.9. The van der Waals surface area contributed by atoms with E-state index in [2.05, 4.69) is 30.4 Å². The van der Waals surface area contributed by atoms with Gasteiger partial charge >= 0.3 is 12.3 Å². The number of nitrogens with zero attached hydrogens (tertiary/aromatic N) is 1. The van der Waals surface area contributed by atoms with Crippen molar-refractivity contribution in [1.29, 1.82) is 0 Å². The highest BCUT2D eigenvalue weighted by molar-refractivity contribution is 14.1. The Kier molecular flexibility index (Phi) is 5.20. The van der Waals surface area contributed by atoms with Crippen LogP contribution in [0.3, 0.4) is 0 Å². The summed E-state index contributed by atoms with van der Waals surface area (Å²) in [5.41, 5.74) is -0.106. The number of carbonyl (C=O) groups is 1. The fraction of sp³-hybridized carbons (Fsp3) is 0.333. The molecular formula is C9H6BrF3INO3. The molecule has 0 amide bonds. The van der Waals surface area contributed by atoms with Crippen molar-refractivity contribution >= 4 is 44.5 Å². The van der Waals surface area contributed by atoms with Gasteiger partial charge in [-0.1, -0.05) is 15.9 Å². The molecule has 18 heavy (non-hydrogen) atoms. The smallest absolute Gasteiger partial charge is 0.464 e. The van der Waals surface area contributed by atoms with Crippen molar-refractivity contribution in [2.75, 3.05) is 7.11 Å². The van der Waals surface area contributed by atoms with Gasteiger partial charge in [-0.25, -0.2) is 9.78 Å². The first-order valence-corrected chi connectivity index (χ1v) is 6.58. The van der Waals surface area contributed by atoms with Crippen LogP contribution in [0.1, 0.15) is 16.2 Å². The molecule has 0 spiro atoms. The van der Waals surface area contributed by atoms with Crippen LogP contribution >= 0.6 is 38.5 Å². The Morgan fingerprint density at radius 2 is 2.17 bits per heavy atom. The average molecular weight is 440 g/mol. The second kappa shape index (κ2) is 6.04. The van der Waals surface area contributed by atoms with Crippen molar-refractivity contribution in [3.8, 4) is 5.75 Å². The van der Waals surface area contributed by atoms with E-state index in [-0.39, 0.29) is 20.3 Å². The molecule has 1 aromatic heterocycles. The summed E-state index contributed by atoms with van der Waals surface area (Å²) in [6.07, 6.45) is -4.81. The van der Waals surface area contributed by atoms with E-state index in [1.165, 1.54) is 6.07 Å². The molecule has 4 nitrogen and oxygen atoms in total. The molecule has 0 atom stereocenters. The first-order chi connectivity index (χ1) is 8.28. The molecule has 0 aliphatic carbocycles. The van der Waals surface area contributed by atoms with E-state index in [4.69, 9.17) is 0 Å². The lowest BCUT2D eigenvalue weighted by Crippen LogP contribution is -2.20. The van der Waals surface area contributed by atoms with Gasteiger partial charge in [0.1, 0.15) is 5.69 Å². The minimum absolute atomic E-state index is 0.0131. The average Bonchev–Trinajstić information content (AvgIpc) is 2.28. The van der Waals surface area contributed by atoms with E-state index in [1.807, 2.05) is 0 Å². The van der Waals surface area contributed by atoms with Crippen molar-refractivity contribution in [2.45, 2.75) is 11.7 Å². The lowest BCUT2D eigenvalue weighted by Gasteiger charge is -2.14. The topological polar surface area (TPSA) is 48.4 Å². The number of esters is 1. The third kappa shape index (κ3) is 3.97. The van der Waals surface area contributed by atoms with Gasteiger partial charge in [-0.05, 0) is 28.7 Å². The maximum absolute atomic E-state index is 12.2. The molecule has 0 bridgehead atoms. The first-order valence-electron chi connectivity index (χ1n) is 4.38. The van der Waals surface area contributed by atoms with E-state index in [1.54, 1.807) is 22.6 Å². The number of halogens is 5. The molecule has 0 saturated carbocycles. The molecule has 0 aliphatic heterocycles.